The van der Waals surface area contributed by atoms with Crippen LogP contribution < -0.4 is 15.6 Å². The van der Waals surface area contributed by atoms with E-state index in [4.69, 9.17) is 4.84 Å². The molecule has 0 saturated carbocycles. The van der Waals surface area contributed by atoms with Crippen LogP contribution in [0.4, 0.5) is 0 Å². The van der Waals surface area contributed by atoms with Crippen LogP contribution in [0.2, 0.25) is 0 Å². The van der Waals surface area contributed by atoms with Gasteiger partial charge in [-0.2, -0.15) is 5.48 Å². The smallest absolute Gasteiger partial charge is 0.269 e. The molecule has 1 saturated heterocycles. The maximum atomic E-state index is 11.8. The molecule has 2 N–H and O–H groups in total. The van der Waals surface area contributed by atoms with Gasteiger partial charge < -0.3 is 10.2 Å². The monoisotopic (exact) mass is 303 g/mol. The van der Waals surface area contributed by atoms with Crippen molar-refractivity contribution in [2.45, 2.75) is 25.8 Å². The summed E-state index contributed by atoms with van der Waals surface area (Å²) in [5, 5.41) is 3.13. The Labute approximate surface area is 127 Å². The Bertz CT molecular complexity index is 618. The third-order valence-corrected chi connectivity index (χ3v) is 4.49. The first-order valence-electron chi connectivity index (χ1n) is 6.94. The number of carbonyl (C=O) groups excluding carboxylic acids is 1. The van der Waals surface area contributed by atoms with Gasteiger partial charge in [-0.05, 0) is 56.1 Å². The molecule has 2 heterocycles. The summed E-state index contributed by atoms with van der Waals surface area (Å²) in [6.45, 7) is 2.88. The van der Waals surface area contributed by atoms with Crippen LogP contribution in [0, 0.1) is 6.92 Å². The zero-order valence-corrected chi connectivity index (χ0v) is 12.6. The van der Waals surface area contributed by atoms with Crippen LogP contribution in [-0.4, -0.2) is 23.5 Å². The SMILES string of the molecule is Cc1ncsc1-c1ccc(ONC(=O)[C@@H]2CCCN2)cc1. The number of hydroxylamine groups is 1. The molecule has 110 valence electrons. The summed E-state index contributed by atoms with van der Waals surface area (Å²) in [6, 6.07) is 7.49. The van der Waals surface area contributed by atoms with Gasteiger partial charge in [-0.3, -0.25) is 4.79 Å². The van der Waals surface area contributed by atoms with Crippen LogP contribution in [0.5, 0.6) is 5.75 Å². The summed E-state index contributed by atoms with van der Waals surface area (Å²) >= 11 is 1.61. The number of thiazole rings is 1. The molecule has 2 aromatic rings. The molecule has 0 unspecified atom stereocenters. The van der Waals surface area contributed by atoms with E-state index in [1.165, 1.54) is 0 Å². The van der Waals surface area contributed by atoms with Crippen LogP contribution in [-0.2, 0) is 4.79 Å². The maximum absolute atomic E-state index is 11.8. The fraction of sp³-hybridized carbons (Fsp3) is 0.333. The van der Waals surface area contributed by atoms with Crippen LogP contribution in [0.15, 0.2) is 29.8 Å². The molecule has 0 aliphatic carbocycles. The number of benzene rings is 1. The number of aryl methyl sites for hydroxylation is 1. The average Bonchev–Trinajstić information content (AvgIpc) is 3.17. The predicted molar refractivity (Wildman–Crippen MR) is 82.1 cm³/mol. The summed E-state index contributed by atoms with van der Waals surface area (Å²) < 4.78 is 0. The number of hydrogen-bond donors (Lipinski definition) is 2. The second kappa shape index (κ2) is 6.24. The van der Waals surface area contributed by atoms with E-state index in [1.54, 1.807) is 11.3 Å². The van der Waals surface area contributed by atoms with E-state index in [0.717, 1.165) is 35.5 Å². The zero-order valence-electron chi connectivity index (χ0n) is 11.8. The molecule has 1 aliphatic heterocycles. The van der Waals surface area contributed by atoms with Crippen molar-refractivity contribution in [3.05, 3.63) is 35.5 Å². The van der Waals surface area contributed by atoms with E-state index in [1.807, 2.05) is 36.7 Å². The molecule has 1 aromatic carbocycles. The van der Waals surface area contributed by atoms with Gasteiger partial charge in [0.1, 0.15) is 0 Å². The molecule has 1 aliphatic rings. The molecular formula is C15H17N3O2S. The number of nitrogens with zero attached hydrogens (tertiary/aromatic N) is 1. The number of carbonyl (C=O) groups is 1. The Morgan fingerprint density at radius 2 is 2.24 bits per heavy atom. The van der Waals surface area contributed by atoms with E-state index >= 15 is 0 Å². The Kier molecular flexibility index (Phi) is 4.17. The lowest BCUT2D eigenvalue weighted by Crippen LogP contribution is -2.41. The molecule has 1 amide bonds. The molecule has 3 rings (SSSR count). The molecule has 0 radical (unpaired) electrons. The van der Waals surface area contributed by atoms with Crippen molar-refractivity contribution in [3.8, 4) is 16.2 Å². The number of amides is 1. The summed E-state index contributed by atoms with van der Waals surface area (Å²) in [5.74, 6) is 0.502. The van der Waals surface area contributed by atoms with Crippen LogP contribution in [0.3, 0.4) is 0 Å². The normalized spacial score (nSPS) is 17.7. The molecule has 1 fully saturated rings. The Balaban J connectivity index is 1.60. The van der Waals surface area contributed by atoms with Crippen molar-refractivity contribution in [3.63, 3.8) is 0 Å². The zero-order chi connectivity index (χ0) is 14.7. The highest BCUT2D eigenvalue weighted by Crippen LogP contribution is 2.28. The highest BCUT2D eigenvalue weighted by Gasteiger charge is 2.22. The Morgan fingerprint density at radius 1 is 1.43 bits per heavy atom. The summed E-state index contributed by atoms with van der Waals surface area (Å²) in [4.78, 5) is 22.5. The lowest BCUT2D eigenvalue weighted by molar-refractivity contribution is -0.129. The molecule has 0 bridgehead atoms. The molecule has 6 heteroatoms. The van der Waals surface area contributed by atoms with E-state index in [0.29, 0.717) is 5.75 Å². The van der Waals surface area contributed by atoms with Gasteiger partial charge >= 0.3 is 0 Å². The van der Waals surface area contributed by atoms with Gasteiger partial charge in [-0.15, -0.1) is 11.3 Å². The fourth-order valence-electron chi connectivity index (χ4n) is 2.34. The van der Waals surface area contributed by atoms with Crippen molar-refractivity contribution in [1.29, 1.82) is 0 Å². The average molecular weight is 303 g/mol. The van der Waals surface area contributed by atoms with Gasteiger partial charge in [-0.1, -0.05) is 0 Å². The number of nitrogens with one attached hydrogen (secondary N) is 2. The van der Waals surface area contributed by atoms with Gasteiger partial charge in [0.15, 0.2) is 5.75 Å². The largest absolute Gasteiger partial charge is 0.379 e. The second-order valence-electron chi connectivity index (χ2n) is 5.01. The van der Waals surface area contributed by atoms with Gasteiger partial charge in [-0.25, -0.2) is 4.98 Å². The number of rotatable bonds is 4. The lowest BCUT2D eigenvalue weighted by atomic mass is 10.1. The molecule has 21 heavy (non-hydrogen) atoms. The molecule has 5 nitrogen and oxygen atoms in total. The van der Waals surface area contributed by atoms with Gasteiger partial charge in [0.2, 0.25) is 0 Å². The summed E-state index contributed by atoms with van der Waals surface area (Å²) in [6.07, 6.45) is 1.89. The van der Waals surface area contributed by atoms with Crippen LogP contribution in [0.1, 0.15) is 18.5 Å². The third kappa shape index (κ3) is 3.22. The van der Waals surface area contributed by atoms with Crippen molar-refractivity contribution in [1.82, 2.24) is 15.8 Å². The van der Waals surface area contributed by atoms with Crippen LogP contribution in [0.25, 0.3) is 10.4 Å². The van der Waals surface area contributed by atoms with E-state index in [-0.39, 0.29) is 11.9 Å². The summed E-state index contributed by atoms with van der Waals surface area (Å²) in [5.41, 5.74) is 6.46. The minimum atomic E-state index is -0.135. The van der Waals surface area contributed by atoms with Crippen LogP contribution >= 0.6 is 11.3 Å². The quantitative estimate of drug-likeness (QED) is 0.851. The highest BCUT2D eigenvalue weighted by atomic mass is 32.1. The van der Waals surface area contributed by atoms with Gasteiger partial charge in [0.25, 0.3) is 5.91 Å². The van der Waals surface area contributed by atoms with E-state index in [9.17, 15) is 4.79 Å². The molecule has 0 spiro atoms. The number of hydrogen-bond acceptors (Lipinski definition) is 5. The van der Waals surface area contributed by atoms with Crippen molar-refractivity contribution in [2.24, 2.45) is 0 Å². The topological polar surface area (TPSA) is 63.2 Å². The summed E-state index contributed by atoms with van der Waals surface area (Å²) in [7, 11) is 0. The molecule has 1 atom stereocenters. The second-order valence-corrected chi connectivity index (χ2v) is 5.86. The third-order valence-electron chi connectivity index (χ3n) is 3.51. The molecular weight excluding hydrogens is 286 g/mol. The first-order chi connectivity index (χ1) is 10.2. The first kappa shape index (κ1) is 14.0. The molecule has 1 aromatic heterocycles. The predicted octanol–water partition coefficient (Wildman–Crippen LogP) is 2.28. The van der Waals surface area contributed by atoms with Gasteiger partial charge in [0, 0.05) is 0 Å². The first-order valence-corrected chi connectivity index (χ1v) is 7.82. The minimum Gasteiger partial charge on any atom is -0.379 e. The van der Waals surface area contributed by atoms with Crippen molar-refractivity contribution < 1.29 is 9.63 Å². The standard InChI is InChI=1S/C15H17N3O2S/c1-10-14(21-9-17-10)11-4-6-12(7-5-11)20-18-15(19)13-3-2-8-16-13/h4-7,9,13,16H,2-3,8H2,1H3,(H,18,19)/t13-/m0/s1. The maximum Gasteiger partial charge on any atom is 0.269 e. The highest BCUT2D eigenvalue weighted by molar-refractivity contribution is 7.13. The lowest BCUT2D eigenvalue weighted by Gasteiger charge is -2.11. The fourth-order valence-corrected chi connectivity index (χ4v) is 3.15. The van der Waals surface area contributed by atoms with Crippen molar-refractivity contribution in [2.75, 3.05) is 6.54 Å². The van der Waals surface area contributed by atoms with E-state index < -0.39 is 0 Å². The van der Waals surface area contributed by atoms with Crippen molar-refractivity contribution >= 4 is 17.2 Å². The Morgan fingerprint density at radius 3 is 2.86 bits per heavy atom. The Hall–Kier alpha value is -1.92. The van der Waals surface area contributed by atoms with Gasteiger partial charge in [0.05, 0.1) is 22.1 Å². The van der Waals surface area contributed by atoms with E-state index in [2.05, 4.69) is 15.8 Å². The number of aromatic nitrogens is 1. The minimum absolute atomic E-state index is 0.116.